The highest BCUT2D eigenvalue weighted by Gasteiger charge is 2.12. The lowest BCUT2D eigenvalue weighted by Crippen LogP contribution is -2.19. The largest absolute Gasteiger partial charge is 0.502 e. The van der Waals surface area contributed by atoms with Crippen molar-refractivity contribution in [2.45, 2.75) is 19.5 Å². The summed E-state index contributed by atoms with van der Waals surface area (Å²) in [6.45, 7) is 2.67. The first kappa shape index (κ1) is 15.1. The molecule has 0 bridgehead atoms. The van der Waals surface area contributed by atoms with Crippen LogP contribution in [0, 0.1) is 0 Å². The van der Waals surface area contributed by atoms with Gasteiger partial charge in [-0.25, -0.2) is 0 Å². The quantitative estimate of drug-likeness (QED) is 0.855. The molecule has 0 saturated heterocycles. The van der Waals surface area contributed by atoms with Crippen molar-refractivity contribution >= 4 is 0 Å². The molecule has 0 aliphatic heterocycles. The van der Waals surface area contributed by atoms with Crippen LogP contribution in [-0.2, 0) is 6.54 Å². The van der Waals surface area contributed by atoms with Gasteiger partial charge < -0.3 is 19.9 Å². The second-order valence-electron chi connectivity index (χ2n) is 4.71. The van der Waals surface area contributed by atoms with Crippen LogP contribution in [0.2, 0.25) is 0 Å². The smallest absolute Gasteiger partial charge is 0.200 e. The molecule has 0 spiro atoms. The maximum atomic E-state index is 9.89. The Morgan fingerprint density at radius 2 is 1.86 bits per heavy atom. The average molecular weight is 288 g/mol. The van der Waals surface area contributed by atoms with Gasteiger partial charge in [-0.1, -0.05) is 6.07 Å². The Labute approximate surface area is 124 Å². The molecule has 1 heterocycles. The molecule has 0 saturated carbocycles. The van der Waals surface area contributed by atoms with Crippen LogP contribution < -0.4 is 14.8 Å². The van der Waals surface area contributed by atoms with E-state index in [4.69, 9.17) is 9.47 Å². The number of aromatic nitrogens is 1. The Bertz CT molecular complexity index is 562. The topological polar surface area (TPSA) is 63.6 Å². The zero-order chi connectivity index (χ0) is 15.2. The van der Waals surface area contributed by atoms with Gasteiger partial charge in [-0.3, -0.25) is 4.98 Å². The van der Waals surface area contributed by atoms with Crippen LogP contribution in [0.4, 0.5) is 0 Å². The van der Waals surface area contributed by atoms with E-state index in [9.17, 15) is 5.11 Å². The molecule has 112 valence electrons. The third-order valence-electron chi connectivity index (χ3n) is 3.28. The maximum Gasteiger partial charge on any atom is 0.200 e. The van der Waals surface area contributed by atoms with E-state index in [2.05, 4.69) is 17.2 Å². The second kappa shape index (κ2) is 6.95. The highest BCUT2D eigenvalue weighted by atomic mass is 16.5. The normalized spacial score (nSPS) is 12.0. The van der Waals surface area contributed by atoms with Crippen LogP contribution in [0.5, 0.6) is 17.2 Å². The van der Waals surface area contributed by atoms with Gasteiger partial charge in [-0.05, 0) is 36.8 Å². The molecule has 0 amide bonds. The number of phenols is 1. The van der Waals surface area contributed by atoms with Crippen molar-refractivity contribution < 1.29 is 14.6 Å². The van der Waals surface area contributed by atoms with Crippen molar-refractivity contribution in [3.8, 4) is 17.2 Å². The molecular weight excluding hydrogens is 268 g/mol. The summed E-state index contributed by atoms with van der Waals surface area (Å²) in [5.74, 6) is 0.815. The zero-order valence-corrected chi connectivity index (χ0v) is 12.5. The molecule has 1 aromatic heterocycles. The number of nitrogens with one attached hydrogen (secondary N) is 1. The number of methoxy groups -OCH3 is 2. The fourth-order valence-electron chi connectivity index (χ4n) is 2.06. The van der Waals surface area contributed by atoms with E-state index in [1.807, 2.05) is 18.2 Å². The predicted molar refractivity (Wildman–Crippen MR) is 80.7 cm³/mol. The highest BCUT2D eigenvalue weighted by Crippen LogP contribution is 2.37. The molecule has 5 nitrogen and oxygen atoms in total. The summed E-state index contributed by atoms with van der Waals surface area (Å²) in [6, 6.07) is 9.54. The number of hydrogen-bond donors (Lipinski definition) is 2. The van der Waals surface area contributed by atoms with Crippen molar-refractivity contribution in [3.05, 3.63) is 47.8 Å². The molecule has 5 heteroatoms. The first-order valence-electron chi connectivity index (χ1n) is 6.74. The third kappa shape index (κ3) is 3.64. The monoisotopic (exact) mass is 288 g/mol. The average Bonchev–Trinajstić information content (AvgIpc) is 2.54. The Morgan fingerprint density at radius 1 is 1.19 bits per heavy atom. The van der Waals surface area contributed by atoms with Crippen LogP contribution in [0.3, 0.4) is 0 Å². The van der Waals surface area contributed by atoms with Crippen LogP contribution >= 0.6 is 0 Å². The van der Waals surface area contributed by atoms with Gasteiger partial charge in [0.25, 0.3) is 0 Å². The summed E-state index contributed by atoms with van der Waals surface area (Å²) in [5, 5.41) is 13.3. The van der Waals surface area contributed by atoms with E-state index >= 15 is 0 Å². The number of aromatic hydroxyl groups is 1. The fourth-order valence-corrected chi connectivity index (χ4v) is 2.06. The summed E-state index contributed by atoms with van der Waals surface area (Å²) in [7, 11) is 3.03. The Balaban J connectivity index is 2.09. The minimum Gasteiger partial charge on any atom is -0.502 e. The van der Waals surface area contributed by atoms with Gasteiger partial charge in [0.2, 0.25) is 5.75 Å². The minimum absolute atomic E-state index is 0.0153. The van der Waals surface area contributed by atoms with Crippen LogP contribution in [-0.4, -0.2) is 24.3 Å². The fraction of sp³-hybridized carbons (Fsp3) is 0.312. The molecule has 2 rings (SSSR count). The highest BCUT2D eigenvalue weighted by molar-refractivity contribution is 5.52. The summed E-state index contributed by atoms with van der Waals surface area (Å²) in [5.41, 5.74) is 1.94. The standard InChI is InChI=1S/C16H20N2O3/c1-11(13-6-4-5-7-17-13)18-10-12-8-14(20-2)16(19)15(9-12)21-3/h4-9,11,18-19H,10H2,1-3H3. The van der Waals surface area contributed by atoms with E-state index in [0.717, 1.165) is 11.3 Å². The predicted octanol–water partition coefficient (Wildman–Crippen LogP) is 2.66. The van der Waals surface area contributed by atoms with Gasteiger partial charge in [-0.2, -0.15) is 0 Å². The van der Waals surface area contributed by atoms with Crippen LogP contribution in [0.1, 0.15) is 24.2 Å². The molecule has 1 aromatic carbocycles. The lowest BCUT2D eigenvalue weighted by Gasteiger charge is -2.15. The molecule has 2 N–H and O–H groups in total. The molecule has 1 unspecified atom stereocenters. The first-order chi connectivity index (χ1) is 10.2. The molecule has 0 aliphatic carbocycles. The van der Waals surface area contributed by atoms with E-state index in [1.165, 1.54) is 14.2 Å². The molecule has 0 radical (unpaired) electrons. The summed E-state index contributed by atoms with van der Waals surface area (Å²) in [6.07, 6.45) is 1.78. The third-order valence-corrected chi connectivity index (χ3v) is 3.28. The van der Waals surface area contributed by atoms with Gasteiger partial charge in [0, 0.05) is 18.8 Å². The summed E-state index contributed by atoms with van der Waals surface area (Å²) >= 11 is 0. The zero-order valence-electron chi connectivity index (χ0n) is 12.5. The number of nitrogens with zero attached hydrogens (tertiary/aromatic N) is 1. The molecule has 21 heavy (non-hydrogen) atoms. The van der Waals surface area contributed by atoms with Crippen LogP contribution in [0.15, 0.2) is 36.5 Å². The van der Waals surface area contributed by atoms with Gasteiger partial charge in [-0.15, -0.1) is 0 Å². The van der Waals surface area contributed by atoms with E-state index in [1.54, 1.807) is 18.3 Å². The van der Waals surface area contributed by atoms with Crippen molar-refractivity contribution in [1.82, 2.24) is 10.3 Å². The van der Waals surface area contributed by atoms with Crippen LogP contribution in [0.25, 0.3) is 0 Å². The van der Waals surface area contributed by atoms with E-state index in [-0.39, 0.29) is 11.8 Å². The Morgan fingerprint density at radius 3 is 2.38 bits per heavy atom. The molecule has 1 atom stereocenters. The van der Waals surface area contributed by atoms with Gasteiger partial charge >= 0.3 is 0 Å². The molecular formula is C16H20N2O3. The summed E-state index contributed by atoms with van der Waals surface area (Å²) in [4.78, 5) is 4.32. The maximum absolute atomic E-state index is 9.89. The molecule has 2 aromatic rings. The van der Waals surface area contributed by atoms with Gasteiger partial charge in [0.1, 0.15) is 0 Å². The number of ether oxygens (including phenoxy) is 2. The molecule has 0 fully saturated rings. The van der Waals surface area contributed by atoms with Gasteiger partial charge in [0.05, 0.1) is 19.9 Å². The lowest BCUT2D eigenvalue weighted by molar-refractivity contribution is 0.339. The second-order valence-corrected chi connectivity index (χ2v) is 4.71. The van der Waals surface area contributed by atoms with Crippen molar-refractivity contribution in [1.29, 1.82) is 0 Å². The van der Waals surface area contributed by atoms with Crippen molar-refractivity contribution in [3.63, 3.8) is 0 Å². The first-order valence-corrected chi connectivity index (χ1v) is 6.74. The molecule has 0 aliphatic rings. The Kier molecular flexibility index (Phi) is 5.00. The number of phenolic OH excluding ortho intramolecular Hbond substituents is 1. The summed E-state index contributed by atoms with van der Waals surface area (Å²) < 4.78 is 10.3. The minimum atomic E-state index is 0.0153. The number of pyridine rings is 1. The van der Waals surface area contributed by atoms with Crippen molar-refractivity contribution in [2.24, 2.45) is 0 Å². The number of benzene rings is 1. The van der Waals surface area contributed by atoms with E-state index in [0.29, 0.717) is 18.0 Å². The number of rotatable bonds is 6. The van der Waals surface area contributed by atoms with E-state index < -0.39 is 0 Å². The number of hydrogen-bond acceptors (Lipinski definition) is 5. The van der Waals surface area contributed by atoms with Gasteiger partial charge in [0.15, 0.2) is 11.5 Å². The Hall–Kier alpha value is -2.27. The lowest BCUT2D eigenvalue weighted by atomic mass is 10.1. The SMILES string of the molecule is COc1cc(CNC(C)c2ccccn2)cc(OC)c1O. The van der Waals surface area contributed by atoms with Crippen molar-refractivity contribution in [2.75, 3.05) is 14.2 Å².